The van der Waals surface area contributed by atoms with Crippen LogP contribution in [0.15, 0.2) is 29.3 Å². The molecule has 1 saturated heterocycles. The third-order valence-corrected chi connectivity index (χ3v) is 3.83. The zero-order valence-electron chi connectivity index (χ0n) is 14.0. The van der Waals surface area contributed by atoms with Gasteiger partial charge in [-0.1, -0.05) is 12.1 Å². The van der Waals surface area contributed by atoms with Crippen molar-refractivity contribution in [3.63, 3.8) is 0 Å². The van der Waals surface area contributed by atoms with Gasteiger partial charge in [-0.3, -0.25) is 9.89 Å². The number of hydrogen-bond donors (Lipinski definition) is 2. The van der Waals surface area contributed by atoms with Crippen molar-refractivity contribution in [2.75, 3.05) is 45.9 Å². The van der Waals surface area contributed by atoms with Crippen molar-refractivity contribution < 1.29 is 9.13 Å². The standard InChI is InChI=1S/C17H27FN4O/c1-3-19-17(20-4-2)21-13-16(22-8-10-23-11-9-22)14-6-5-7-15(18)12-14/h5-7,12,16H,3-4,8-11,13H2,1-2H3,(H2,19,20,21)/t16-/m1/s1. The summed E-state index contributed by atoms with van der Waals surface area (Å²) < 4.78 is 19.1. The predicted molar refractivity (Wildman–Crippen MR) is 91.2 cm³/mol. The highest BCUT2D eigenvalue weighted by atomic mass is 19.1. The first kappa shape index (κ1) is 17.7. The van der Waals surface area contributed by atoms with Crippen molar-refractivity contribution >= 4 is 5.96 Å². The summed E-state index contributed by atoms with van der Waals surface area (Å²) in [4.78, 5) is 6.99. The van der Waals surface area contributed by atoms with Gasteiger partial charge in [0, 0.05) is 26.2 Å². The van der Waals surface area contributed by atoms with Gasteiger partial charge in [-0.05, 0) is 31.5 Å². The molecule has 1 aromatic carbocycles. The number of nitrogens with one attached hydrogen (secondary N) is 2. The molecule has 2 N–H and O–H groups in total. The average molecular weight is 322 g/mol. The maximum absolute atomic E-state index is 13.6. The number of ether oxygens (including phenoxy) is 1. The molecule has 1 heterocycles. The number of aliphatic imine (C=N–C) groups is 1. The third kappa shape index (κ3) is 5.48. The summed E-state index contributed by atoms with van der Waals surface area (Å²) in [5, 5.41) is 6.45. The molecule has 0 unspecified atom stereocenters. The molecule has 1 atom stereocenters. The van der Waals surface area contributed by atoms with Crippen LogP contribution in [0.4, 0.5) is 4.39 Å². The number of guanidine groups is 1. The Morgan fingerprint density at radius 3 is 2.57 bits per heavy atom. The van der Waals surface area contributed by atoms with Crippen LogP contribution in [0.5, 0.6) is 0 Å². The van der Waals surface area contributed by atoms with E-state index >= 15 is 0 Å². The highest BCUT2D eigenvalue weighted by molar-refractivity contribution is 5.79. The Kier molecular flexibility index (Phi) is 7.29. The van der Waals surface area contributed by atoms with Gasteiger partial charge < -0.3 is 15.4 Å². The molecular weight excluding hydrogens is 295 g/mol. The van der Waals surface area contributed by atoms with Gasteiger partial charge in [0.15, 0.2) is 5.96 Å². The molecule has 1 fully saturated rings. The van der Waals surface area contributed by atoms with Crippen LogP contribution in [0.2, 0.25) is 0 Å². The van der Waals surface area contributed by atoms with E-state index in [2.05, 4.69) is 20.5 Å². The maximum Gasteiger partial charge on any atom is 0.191 e. The second-order valence-corrected chi connectivity index (χ2v) is 5.47. The zero-order chi connectivity index (χ0) is 16.5. The molecule has 0 amide bonds. The normalized spacial score (nSPS) is 16.7. The Labute approximate surface area is 137 Å². The summed E-state index contributed by atoms with van der Waals surface area (Å²) in [6.07, 6.45) is 0. The predicted octanol–water partition coefficient (Wildman–Crippen LogP) is 1.77. The molecule has 0 aliphatic carbocycles. The number of nitrogens with zero attached hydrogens (tertiary/aromatic N) is 2. The first-order valence-corrected chi connectivity index (χ1v) is 8.34. The van der Waals surface area contributed by atoms with Crippen molar-refractivity contribution in [2.24, 2.45) is 4.99 Å². The summed E-state index contributed by atoms with van der Waals surface area (Å²) in [6, 6.07) is 6.87. The monoisotopic (exact) mass is 322 g/mol. The van der Waals surface area contributed by atoms with Gasteiger partial charge in [0.25, 0.3) is 0 Å². The van der Waals surface area contributed by atoms with Crippen molar-refractivity contribution in [3.8, 4) is 0 Å². The largest absolute Gasteiger partial charge is 0.379 e. The quantitative estimate of drug-likeness (QED) is 0.619. The fourth-order valence-corrected chi connectivity index (χ4v) is 2.72. The number of rotatable bonds is 6. The topological polar surface area (TPSA) is 48.9 Å². The lowest BCUT2D eigenvalue weighted by molar-refractivity contribution is 0.0179. The summed E-state index contributed by atoms with van der Waals surface area (Å²) in [6.45, 7) is 9.40. The van der Waals surface area contributed by atoms with E-state index in [4.69, 9.17) is 4.74 Å². The Hall–Kier alpha value is -1.66. The molecule has 23 heavy (non-hydrogen) atoms. The average Bonchev–Trinajstić information content (AvgIpc) is 2.56. The summed E-state index contributed by atoms with van der Waals surface area (Å²) >= 11 is 0. The summed E-state index contributed by atoms with van der Waals surface area (Å²) in [5.74, 6) is 0.591. The molecule has 6 heteroatoms. The molecule has 0 radical (unpaired) electrons. The second-order valence-electron chi connectivity index (χ2n) is 5.47. The molecule has 0 aromatic heterocycles. The van der Waals surface area contributed by atoms with Gasteiger partial charge >= 0.3 is 0 Å². The minimum absolute atomic E-state index is 0.0573. The van der Waals surface area contributed by atoms with Crippen LogP contribution >= 0.6 is 0 Å². The van der Waals surface area contributed by atoms with Crippen LogP contribution in [0.1, 0.15) is 25.5 Å². The zero-order valence-corrected chi connectivity index (χ0v) is 14.0. The molecular formula is C17H27FN4O. The third-order valence-electron chi connectivity index (χ3n) is 3.83. The van der Waals surface area contributed by atoms with Crippen LogP contribution < -0.4 is 10.6 Å². The van der Waals surface area contributed by atoms with Gasteiger partial charge in [0.2, 0.25) is 0 Å². The van der Waals surface area contributed by atoms with Gasteiger partial charge in [-0.25, -0.2) is 4.39 Å². The Balaban J connectivity index is 2.17. The van der Waals surface area contributed by atoms with Crippen LogP contribution in [0.25, 0.3) is 0 Å². The molecule has 0 spiro atoms. The molecule has 2 rings (SSSR count). The van der Waals surface area contributed by atoms with E-state index in [1.54, 1.807) is 12.1 Å². The van der Waals surface area contributed by atoms with Crippen LogP contribution in [0, 0.1) is 5.82 Å². The first-order chi connectivity index (χ1) is 11.2. The van der Waals surface area contributed by atoms with Gasteiger partial charge in [-0.15, -0.1) is 0 Å². The van der Waals surface area contributed by atoms with E-state index < -0.39 is 0 Å². The molecule has 128 valence electrons. The van der Waals surface area contributed by atoms with E-state index in [-0.39, 0.29) is 11.9 Å². The molecule has 0 bridgehead atoms. The Bertz CT molecular complexity index is 495. The lowest BCUT2D eigenvalue weighted by atomic mass is 10.0. The summed E-state index contributed by atoms with van der Waals surface area (Å²) in [7, 11) is 0. The van der Waals surface area contributed by atoms with Gasteiger partial charge in [-0.2, -0.15) is 0 Å². The van der Waals surface area contributed by atoms with E-state index in [1.807, 2.05) is 19.9 Å². The lowest BCUT2D eigenvalue weighted by Gasteiger charge is -2.34. The van der Waals surface area contributed by atoms with Crippen molar-refractivity contribution in [1.82, 2.24) is 15.5 Å². The molecule has 1 aliphatic rings. The first-order valence-electron chi connectivity index (χ1n) is 8.34. The van der Waals surface area contributed by atoms with E-state index in [1.165, 1.54) is 6.07 Å². The number of hydrogen-bond acceptors (Lipinski definition) is 3. The van der Waals surface area contributed by atoms with Crippen molar-refractivity contribution in [2.45, 2.75) is 19.9 Å². The van der Waals surface area contributed by atoms with Crippen molar-refractivity contribution in [3.05, 3.63) is 35.6 Å². The second kappa shape index (κ2) is 9.47. The summed E-state index contributed by atoms with van der Waals surface area (Å²) in [5.41, 5.74) is 0.961. The SMILES string of the molecule is CCNC(=NC[C@H](c1cccc(F)c1)N1CCOCC1)NCC. The molecule has 1 aliphatic heterocycles. The molecule has 0 saturated carbocycles. The number of benzene rings is 1. The molecule has 1 aromatic rings. The van der Waals surface area contributed by atoms with E-state index in [9.17, 15) is 4.39 Å². The highest BCUT2D eigenvalue weighted by Crippen LogP contribution is 2.23. The number of morpholine rings is 1. The van der Waals surface area contributed by atoms with E-state index in [0.717, 1.165) is 37.7 Å². The van der Waals surface area contributed by atoms with Crippen molar-refractivity contribution in [1.29, 1.82) is 0 Å². The smallest absolute Gasteiger partial charge is 0.191 e. The number of halogens is 1. The minimum atomic E-state index is -0.205. The fraction of sp³-hybridized carbons (Fsp3) is 0.588. The lowest BCUT2D eigenvalue weighted by Crippen LogP contribution is -2.41. The fourth-order valence-electron chi connectivity index (χ4n) is 2.72. The minimum Gasteiger partial charge on any atom is -0.379 e. The van der Waals surface area contributed by atoms with Gasteiger partial charge in [0.05, 0.1) is 25.8 Å². The van der Waals surface area contributed by atoms with Gasteiger partial charge in [0.1, 0.15) is 5.82 Å². The maximum atomic E-state index is 13.6. The Morgan fingerprint density at radius 2 is 1.96 bits per heavy atom. The Morgan fingerprint density at radius 1 is 1.26 bits per heavy atom. The highest BCUT2D eigenvalue weighted by Gasteiger charge is 2.22. The van der Waals surface area contributed by atoms with Crippen LogP contribution in [-0.4, -0.2) is 56.8 Å². The van der Waals surface area contributed by atoms with Crippen LogP contribution in [-0.2, 0) is 4.74 Å². The molecule has 5 nitrogen and oxygen atoms in total. The van der Waals surface area contributed by atoms with Crippen LogP contribution in [0.3, 0.4) is 0 Å². The van der Waals surface area contributed by atoms with E-state index in [0.29, 0.717) is 19.8 Å².